The highest BCUT2D eigenvalue weighted by Gasteiger charge is 2.22. The molecule has 1 aliphatic rings. The van der Waals surface area contributed by atoms with Gasteiger partial charge in [-0.25, -0.2) is 4.99 Å². The quantitative estimate of drug-likeness (QED) is 0.484. The number of aromatic amines is 1. The molecule has 0 amide bonds. The number of benzene rings is 2. The molecular formula is C26H30N4O2. The zero-order chi connectivity index (χ0) is 22.7. The van der Waals surface area contributed by atoms with Crippen molar-refractivity contribution in [2.45, 2.75) is 39.3 Å². The van der Waals surface area contributed by atoms with Crippen LogP contribution in [0.15, 0.2) is 64.0 Å². The molecule has 6 heteroatoms. The maximum absolute atomic E-state index is 12.0. The van der Waals surface area contributed by atoms with Crippen molar-refractivity contribution in [1.82, 2.24) is 9.88 Å². The van der Waals surface area contributed by atoms with Crippen LogP contribution in [0.2, 0.25) is 0 Å². The number of aromatic nitrogens is 1. The van der Waals surface area contributed by atoms with Crippen LogP contribution in [0.4, 0.5) is 5.69 Å². The second kappa shape index (κ2) is 9.51. The minimum absolute atomic E-state index is 0.0928. The lowest BCUT2D eigenvalue weighted by Crippen LogP contribution is -2.38. The van der Waals surface area contributed by atoms with E-state index < -0.39 is 6.23 Å². The van der Waals surface area contributed by atoms with Crippen molar-refractivity contribution in [3.8, 4) is 11.1 Å². The molecule has 2 aromatic carbocycles. The fourth-order valence-corrected chi connectivity index (χ4v) is 4.30. The van der Waals surface area contributed by atoms with Crippen LogP contribution >= 0.6 is 0 Å². The van der Waals surface area contributed by atoms with Crippen LogP contribution in [-0.4, -0.2) is 40.1 Å². The molecule has 1 aromatic heterocycles. The van der Waals surface area contributed by atoms with Crippen molar-refractivity contribution in [3.63, 3.8) is 0 Å². The third-order valence-electron chi connectivity index (χ3n) is 5.83. The third-order valence-corrected chi connectivity index (χ3v) is 5.83. The lowest BCUT2D eigenvalue weighted by atomic mass is 9.99. The predicted molar refractivity (Wildman–Crippen MR) is 132 cm³/mol. The van der Waals surface area contributed by atoms with E-state index in [0.29, 0.717) is 17.6 Å². The summed E-state index contributed by atoms with van der Waals surface area (Å²) in [4.78, 5) is 21.4. The molecule has 2 heterocycles. The Morgan fingerprint density at radius 3 is 2.56 bits per heavy atom. The minimum Gasteiger partial charge on any atom is -0.387 e. The van der Waals surface area contributed by atoms with Gasteiger partial charge in [-0.2, -0.15) is 0 Å². The molecule has 0 radical (unpaired) electrons. The second-order valence-corrected chi connectivity index (χ2v) is 8.29. The van der Waals surface area contributed by atoms with E-state index in [4.69, 9.17) is 5.73 Å². The molecule has 0 spiro atoms. The van der Waals surface area contributed by atoms with E-state index >= 15 is 0 Å². The highest BCUT2D eigenvalue weighted by atomic mass is 16.3. The average Bonchev–Trinajstić information content (AvgIpc) is 2.95. The summed E-state index contributed by atoms with van der Waals surface area (Å²) in [6.07, 6.45) is 5.40. The molecule has 0 fully saturated rings. The number of rotatable bonds is 7. The molecule has 0 saturated heterocycles. The van der Waals surface area contributed by atoms with Crippen LogP contribution in [0.1, 0.15) is 38.7 Å². The summed E-state index contributed by atoms with van der Waals surface area (Å²) in [6, 6.07) is 13.8. The number of aliphatic hydroxyl groups is 1. The summed E-state index contributed by atoms with van der Waals surface area (Å²) in [7, 11) is 0. The van der Waals surface area contributed by atoms with Gasteiger partial charge in [-0.1, -0.05) is 32.0 Å². The van der Waals surface area contributed by atoms with E-state index in [1.807, 2.05) is 48.5 Å². The Bertz CT molecular complexity index is 1240. The number of amidine groups is 1. The summed E-state index contributed by atoms with van der Waals surface area (Å²) in [5.41, 5.74) is 10.7. The van der Waals surface area contributed by atoms with Gasteiger partial charge in [0.15, 0.2) is 0 Å². The molecule has 0 bridgehead atoms. The molecule has 1 aliphatic heterocycles. The number of nitrogens with one attached hydrogen (secondary N) is 1. The van der Waals surface area contributed by atoms with Crippen LogP contribution in [0, 0.1) is 0 Å². The maximum Gasteiger partial charge on any atom is 0.255 e. The highest BCUT2D eigenvalue weighted by Crippen LogP contribution is 2.33. The molecule has 32 heavy (non-hydrogen) atoms. The van der Waals surface area contributed by atoms with Gasteiger partial charge in [0.25, 0.3) is 5.56 Å². The minimum atomic E-state index is -0.673. The van der Waals surface area contributed by atoms with Crippen molar-refractivity contribution in [3.05, 3.63) is 70.2 Å². The van der Waals surface area contributed by atoms with Gasteiger partial charge in [-0.05, 0) is 65.3 Å². The molecule has 6 nitrogen and oxygen atoms in total. The molecule has 4 N–H and O–H groups in total. The summed E-state index contributed by atoms with van der Waals surface area (Å²) >= 11 is 0. The number of hydrogen-bond acceptors (Lipinski definition) is 5. The fourth-order valence-electron chi connectivity index (χ4n) is 4.30. The van der Waals surface area contributed by atoms with Crippen LogP contribution in [0.5, 0.6) is 0 Å². The lowest BCUT2D eigenvalue weighted by molar-refractivity contribution is 0.0323. The largest absolute Gasteiger partial charge is 0.387 e. The van der Waals surface area contributed by atoms with Crippen LogP contribution < -0.4 is 11.3 Å². The molecule has 0 aliphatic carbocycles. The molecule has 4 rings (SSSR count). The van der Waals surface area contributed by atoms with Gasteiger partial charge in [0.2, 0.25) is 0 Å². The Labute approximate surface area is 188 Å². The Hall–Kier alpha value is -3.22. The van der Waals surface area contributed by atoms with E-state index in [1.165, 1.54) is 0 Å². The van der Waals surface area contributed by atoms with E-state index in [2.05, 4.69) is 28.7 Å². The molecule has 166 valence electrons. The number of aliphatic imine (C=N–C) groups is 1. The summed E-state index contributed by atoms with van der Waals surface area (Å²) in [5.74, 6) is 0.490. The Morgan fingerprint density at radius 1 is 1.09 bits per heavy atom. The van der Waals surface area contributed by atoms with Gasteiger partial charge >= 0.3 is 0 Å². The topological polar surface area (TPSA) is 94.7 Å². The van der Waals surface area contributed by atoms with E-state index in [0.717, 1.165) is 59.3 Å². The number of nitrogens with two attached hydrogens (primary N) is 1. The van der Waals surface area contributed by atoms with Crippen molar-refractivity contribution in [2.75, 3.05) is 13.1 Å². The van der Waals surface area contributed by atoms with Gasteiger partial charge in [0.1, 0.15) is 12.1 Å². The Balaban J connectivity index is 1.71. The number of hydrogen-bond donors (Lipinski definition) is 3. The molecular weight excluding hydrogens is 400 g/mol. The van der Waals surface area contributed by atoms with Gasteiger partial charge in [-0.15, -0.1) is 0 Å². The number of aliphatic hydroxyl groups excluding tert-OH is 1. The Morgan fingerprint density at radius 2 is 1.81 bits per heavy atom. The first-order valence-corrected chi connectivity index (χ1v) is 11.2. The second-order valence-electron chi connectivity index (χ2n) is 8.29. The highest BCUT2D eigenvalue weighted by molar-refractivity contribution is 5.92. The number of H-pyrrole nitrogens is 1. The fraction of sp³-hybridized carbons (Fsp3) is 0.308. The maximum atomic E-state index is 12.0. The van der Waals surface area contributed by atoms with Gasteiger partial charge in [0.05, 0.1) is 5.69 Å². The first-order chi connectivity index (χ1) is 15.5. The van der Waals surface area contributed by atoms with Crippen molar-refractivity contribution in [1.29, 1.82) is 0 Å². The summed E-state index contributed by atoms with van der Waals surface area (Å²) in [6.45, 7) is 5.90. The van der Waals surface area contributed by atoms with E-state index in [1.54, 1.807) is 6.20 Å². The molecule has 1 atom stereocenters. The summed E-state index contributed by atoms with van der Waals surface area (Å²) in [5, 5.41) is 12.6. The zero-order valence-electron chi connectivity index (χ0n) is 18.6. The average molecular weight is 431 g/mol. The summed E-state index contributed by atoms with van der Waals surface area (Å²) < 4.78 is 0. The van der Waals surface area contributed by atoms with Crippen LogP contribution in [-0.2, 0) is 0 Å². The van der Waals surface area contributed by atoms with Crippen molar-refractivity contribution < 1.29 is 5.11 Å². The normalized spacial score (nSPS) is 14.6. The SMILES string of the molecule is CCCN(CCC)C(O)C1=Cc2ccc(-c3ccc4c(=O)[nH]ccc4c3)cc2N=C(N)C1. The van der Waals surface area contributed by atoms with E-state index in [9.17, 15) is 9.90 Å². The van der Waals surface area contributed by atoms with Gasteiger partial charge < -0.3 is 15.8 Å². The van der Waals surface area contributed by atoms with E-state index in [-0.39, 0.29) is 5.56 Å². The molecule has 1 unspecified atom stereocenters. The van der Waals surface area contributed by atoms with Crippen LogP contribution in [0.3, 0.4) is 0 Å². The van der Waals surface area contributed by atoms with Crippen molar-refractivity contribution >= 4 is 28.4 Å². The number of pyridine rings is 1. The third kappa shape index (κ3) is 4.52. The first kappa shape index (κ1) is 22.0. The standard InChI is InChI=1S/C26H30N4O2/c1-3-11-30(12-4-2)26(32)21-14-20-6-5-18(15-23(20)29-24(27)16-21)17-7-8-22-19(13-17)9-10-28-25(22)31/h5-10,13-15,26,32H,3-4,11-12,16H2,1-2H3,(H2,27,29)(H,28,31). The molecule has 0 saturated carbocycles. The monoisotopic (exact) mass is 430 g/mol. The smallest absolute Gasteiger partial charge is 0.255 e. The predicted octanol–water partition coefficient (Wildman–Crippen LogP) is 4.41. The van der Waals surface area contributed by atoms with Gasteiger partial charge in [-0.3, -0.25) is 9.69 Å². The van der Waals surface area contributed by atoms with Crippen LogP contribution in [0.25, 0.3) is 28.0 Å². The molecule has 3 aromatic rings. The lowest BCUT2D eigenvalue weighted by Gasteiger charge is -2.28. The zero-order valence-corrected chi connectivity index (χ0v) is 18.6. The number of nitrogens with zero attached hydrogens (tertiary/aromatic N) is 2. The Kier molecular flexibility index (Phi) is 6.53. The number of fused-ring (bicyclic) bond motifs is 2. The van der Waals surface area contributed by atoms with Crippen molar-refractivity contribution in [2.24, 2.45) is 10.7 Å². The first-order valence-electron chi connectivity index (χ1n) is 11.2. The van der Waals surface area contributed by atoms with Gasteiger partial charge in [0, 0.05) is 36.7 Å².